The van der Waals surface area contributed by atoms with Crippen LogP contribution >= 0.6 is 0 Å². The summed E-state index contributed by atoms with van der Waals surface area (Å²) in [6.07, 6.45) is 0. The molecule has 0 saturated carbocycles. The molecule has 0 fully saturated rings. The highest BCUT2D eigenvalue weighted by molar-refractivity contribution is 6.26. The van der Waals surface area contributed by atoms with Crippen molar-refractivity contribution in [2.45, 2.75) is 0 Å². The first kappa shape index (κ1) is 29.4. The van der Waals surface area contributed by atoms with Gasteiger partial charge in [-0.25, -0.2) is 0 Å². The van der Waals surface area contributed by atoms with Crippen molar-refractivity contribution in [1.29, 1.82) is 0 Å². The molecule has 0 atom stereocenters. The van der Waals surface area contributed by atoms with E-state index < -0.39 is 0 Å². The second-order valence-electron chi connectivity index (χ2n) is 14.3. The van der Waals surface area contributed by atoms with Crippen LogP contribution in [0.2, 0.25) is 0 Å². The van der Waals surface area contributed by atoms with E-state index in [9.17, 15) is 0 Å². The van der Waals surface area contributed by atoms with Crippen molar-refractivity contribution in [2.75, 3.05) is 0 Å². The van der Waals surface area contributed by atoms with Gasteiger partial charge in [-0.2, -0.15) is 0 Å². The normalized spacial score (nSPS) is 12.1. The Morgan fingerprint density at radius 1 is 0.278 bits per heavy atom. The van der Waals surface area contributed by atoms with E-state index >= 15 is 0 Å². The molecular formula is C52H30O2. The summed E-state index contributed by atoms with van der Waals surface area (Å²) in [6, 6.07) is 65.7. The molecule has 10 aromatic carbocycles. The second kappa shape index (κ2) is 11.2. The molecule has 0 radical (unpaired) electrons. The van der Waals surface area contributed by atoms with Gasteiger partial charge in [0.1, 0.15) is 22.3 Å². The maximum Gasteiger partial charge on any atom is 0.147 e. The van der Waals surface area contributed by atoms with Crippen LogP contribution in [0.3, 0.4) is 0 Å². The standard InChI is InChI=1S/C52H30O2/c1-2-15-36-31(11-1)12-10-21-37(36)33-13-9-14-34(29-33)48-39-17-3-5-19-41(39)49(42-20-6-4-18-40(42)48)35-25-28-47-45(30-35)44-27-24-32-23-26-43-38-16-7-8-22-46(38)53-51(43)50(32)52(44)54-47/h1-30H. The van der Waals surface area contributed by atoms with Crippen LogP contribution in [-0.4, -0.2) is 0 Å². The Hall–Kier alpha value is -7.16. The number of fused-ring (bicyclic) bond motifs is 12. The van der Waals surface area contributed by atoms with Crippen molar-refractivity contribution in [3.63, 3.8) is 0 Å². The predicted molar refractivity (Wildman–Crippen MR) is 227 cm³/mol. The van der Waals surface area contributed by atoms with Crippen molar-refractivity contribution < 1.29 is 8.83 Å². The van der Waals surface area contributed by atoms with Crippen LogP contribution < -0.4 is 0 Å². The molecule has 0 saturated heterocycles. The molecule has 0 amide bonds. The summed E-state index contributed by atoms with van der Waals surface area (Å²) < 4.78 is 13.2. The third kappa shape index (κ3) is 4.17. The van der Waals surface area contributed by atoms with Gasteiger partial charge in [0.15, 0.2) is 0 Å². The zero-order valence-corrected chi connectivity index (χ0v) is 29.1. The minimum atomic E-state index is 0.862. The molecule has 0 aliphatic rings. The van der Waals surface area contributed by atoms with Gasteiger partial charge in [-0.05, 0) is 107 Å². The number of para-hydroxylation sites is 1. The van der Waals surface area contributed by atoms with Gasteiger partial charge in [-0.1, -0.05) is 146 Å². The third-order valence-electron chi connectivity index (χ3n) is 11.4. The Labute approximate surface area is 310 Å². The fourth-order valence-electron chi connectivity index (χ4n) is 9.04. The van der Waals surface area contributed by atoms with Gasteiger partial charge in [0.05, 0.1) is 5.39 Å². The number of hydrogen-bond donors (Lipinski definition) is 0. The fraction of sp³-hybridized carbons (Fsp3) is 0. The van der Waals surface area contributed by atoms with E-state index in [1.165, 1.54) is 60.1 Å². The van der Waals surface area contributed by atoms with E-state index in [-0.39, 0.29) is 0 Å². The summed E-state index contributed by atoms with van der Waals surface area (Å²) in [7, 11) is 0. The first-order valence-corrected chi connectivity index (χ1v) is 18.5. The van der Waals surface area contributed by atoms with E-state index in [0.29, 0.717) is 0 Å². The van der Waals surface area contributed by atoms with Gasteiger partial charge >= 0.3 is 0 Å². The Morgan fingerprint density at radius 3 is 1.50 bits per heavy atom. The fourth-order valence-corrected chi connectivity index (χ4v) is 9.04. The van der Waals surface area contributed by atoms with Crippen LogP contribution in [0.15, 0.2) is 191 Å². The van der Waals surface area contributed by atoms with Gasteiger partial charge in [-0.3, -0.25) is 0 Å². The summed E-state index contributed by atoms with van der Waals surface area (Å²) in [5.41, 5.74) is 10.8. The Bertz CT molecular complexity index is 3440. The van der Waals surface area contributed by atoms with E-state index in [1.54, 1.807) is 0 Å². The van der Waals surface area contributed by atoms with Gasteiger partial charge in [0, 0.05) is 21.5 Å². The molecule has 0 unspecified atom stereocenters. The maximum absolute atomic E-state index is 6.73. The minimum Gasteiger partial charge on any atom is -0.455 e. The van der Waals surface area contributed by atoms with Crippen molar-refractivity contribution in [2.24, 2.45) is 0 Å². The number of rotatable bonds is 3. The monoisotopic (exact) mass is 686 g/mol. The quantitative estimate of drug-likeness (QED) is 0.173. The number of hydrogen-bond acceptors (Lipinski definition) is 2. The molecule has 54 heavy (non-hydrogen) atoms. The lowest BCUT2D eigenvalue weighted by atomic mass is 9.85. The van der Waals surface area contributed by atoms with Crippen LogP contribution in [0.4, 0.5) is 0 Å². The lowest BCUT2D eigenvalue weighted by Gasteiger charge is -2.18. The molecule has 2 aromatic heterocycles. The summed E-state index contributed by atoms with van der Waals surface area (Å²) >= 11 is 0. The average molecular weight is 687 g/mol. The van der Waals surface area contributed by atoms with Gasteiger partial charge in [0.2, 0.25) is 0 Å². The third-order valence-corrected chi connectivity index (χ3v) is 11.4. The molecule has 12 aromatic rings. The largest absolute Gasteiger partial charge is 0.455 e. The zero-order chi connectivity index (χ0) is 35.3. The van der Waals surface area contributed by atoms with Crippen LogP contribution in [0.25, 0.3) is 120 Å². The molecule has 0 spiro atoms. The van der Waals surface area contributed by atoms with Gasteiger partial charge in [-0.15, -0.1) is 0 Å². The zero-order valence-electron chi connectivity index (χ0n) is 29.1. The van der Waals surface area contributed by atoms with Crippen LogP contribution in [0, 0.1) is 0 Å². The first-order chi connectivity index (χ1) is 26.8. The molecule has 12 rings (SSSR count). The van der Waals surface area contributed by atoms with Gasteiger partial charge < -0.3 is 8.83 Å². The lowest BCUT2D eigenvalue weighted by molar-refractivity contribution is 0.663. The Balaban J connectivity index is 1.09. The topological polar surface area (TPSA) is 26.3 Å². The molecule has 2 heteroatoms. The molecular weight excluding hydrogens is 657 g/mol. The highest BCUT2D eigenvalue weighted by Crippen LogP contribution is 2.46. The summed E-state index contributed by atoms with van der Waals surface area (Å²) in [5.74, 6) is 0. The van der Waals surface area contributed by atoms with E-state index in [1.807, 2.05) is 12.1 Å². The maximum atomic E-state index is 6.73. The van der Waals surface area contributed by atoms with Crippen LogP contribution in [-0.2, 0) is 0 Å². The molecule has 2 heterocycles. The smallest absolute Gasteiger partial charge is 0.147 e. The van der Waals surface area contributed by atoms with Crippen molar-refractivity contribution in [3.8, 4) is 33.4 Å². The molecule has 250 valence electrons. The molecule has 0 aliphatic heterocycles. The predicted octanol–water partition coefficient (Wildman–Crippen LogP) is 15.1. The molecule has 0 bridgehead atoms. The first-order valence-electron chi connectivity index (χ1n) is 18.5. The summed E-state index contributed by atoms with van der Waals surface area (Å²) in [5, 5.41) is 14.0. The van der Waals surface area contributed by atoms with Crippen molar-refractivity contribution in [3.05, 3.63) is 182 Å². The summed E-state index contributed by atoms with van der Waals surface area (Å²) in [6.45, 7) is 0. The molecule has 2 nitrogen and oxygen atoms in total. The number of benzene rings is 10. The van der Waals surface area contributed by atoms with Crippen LogP contribution in [0.1, 0.15) is 0 Å². The Kier molecular flexibility index (Phi) is 6.09. The van der Waals surface area contributed by atoms with E-state index in [2.05, 4.69) is 170 Å². The minimum absolute atomic E-state index is 0.862. The average Bonchev–Trinajstić information content (AvgIpc) is 3.81. The second-order valence-corrected chi connectivity index (χ2v) is 14.3. The van der Waals surface area contributed by atoms with Crippen LogP contribution in [0.5, 0.6) is 0 Å². The molecule has 0 N–H and O–H groups in total. The highest BCUT2D eigenvalue weighted by Gasteiger charge is 2.20. The van der Waals surface area contributed by atoms with E-state index in [0.717, 1.165) is 60.2 Å². The SMILES string of the molecule is c1cc(-c2cccc3ccccc23)cc(-c2c3ccccc3c(-c3ccc4oc5c(ccc6ccc7c8ccccc8oc7c65)c4c3)c3ccccc23)c1. The Morgan fingerprint density at radius 2 is 0.796 bits per heavy atom. The highest BCUT2D eigenvalue weighted by atomic mass is 16.3. The van der Waals surface area contributed by atoms with Crippen molar-refractivity contribution in [1.82, 2.24) is 0 Å². The number of furan rings is 2. The molecule has 0 aliphatic carbocycles. The van der Waals surface area contributed by atoms with E-state index in [4.69, 9.17) is 8.83 Å². The van der Waals surface area contributed by atoms with Gasteiger partial charge in [0.25, 0.3) is 0 Å². The lowest BCUT2D eigenvalue weighted by Crippen LogP contribution is -1.91. The summed E-state index contributed by atoms with van der Waals surface area (Å²) in [4.78, 5) is 0. The van der Waals surface area contributed by atoms with Crippen molar-refractivity contribution >= 4 is 87.0 Å².